The first-order valence-corrected chi connectivity index (χ1v) is 7.30. The second-order valence-corrected chi connectivity index (χ2v) is 5.74. The van der Waals surface area contributed by atoms with Crippen LogP contribution in [0.3, 0.4) is 0 Å². The van der Waals surface area contributed by atoms with Crippen molar-refractivity contribution in [1.82, 2.24) is 0 Å². The van der Waals surface area contributed by atoms with Crippen LogP contribution in [-0.4, -0.2) is 54.3 Å². The van der Waals surface area contributed by atoms with Gasteiger partial charge in [-0.05, 0) is 32.0 Å². The molecule has 8 heteroatoms. The van der Waals surface area contributed by atoms with Gasteiger partial charge in [-0.2, -0.15) is 0 Å². The minimum absolute atomic E-state index is 0.0303. The number of ether oxygens (including phenoxy) is 2. The van der Waals surface area contributed by atoms with E-state index < -0.39 is 23.6 Å². The van der Waals surface area contributed by atoms with E-state index in [2.05, 4.69) is 0 Å². The van der Waals surface area contributed by atoms with Gasteiger partial charge >= 0.3 is 6.09 Å². The lowest BCUT2D eigenvalue weighted by Gasteiger charge is -2.23. The fourth-order valence-corrected chi connectivity index (χ4v) is 2.22. The number of hydrogen-bond donors (Lipinski definition) is 3. The van der Waals surface area contributed by atoms with Gasteiger partial charge in [0.2, 0.25) is 0 Å². The predicted molar refractivity (Wildman–Crippen MR) is 80.9 cm³/mol. The van der Waals surface area contributed by atoms with Crippen molar-refractivity contribution in [2.75, 3.05) is 31.2 Å². The van der Waals surface area contributed by atoms with Gasteiger partial charge in [0.25, 0.3) is 0 Å². The second kappa shape index (κ2) is 7.12. The van der Waals surface area contributed by atoms with Gasteiger partial charge in [0.15, 0.2) is 11.6 Å². The van der Waals surface area contributed by atoms with Crippen molar-refractivity contribution in [3.05, 3.63) is 24.0 Å². The molecule has 1 heterocycles. The summed E-state index contributed by atoms with van der Waals surface area (Å²) in [4.78, 5) is 12.9. The fraction of sp³-hybridized carbons (Fsp3) is 0.533. The minimum atomic E-state index is -1.15. The van der Waals surface area contributed by atoms with Crippen LogP contribution in [0.15, 0.2) is 18.2 Å². The van der Waals surface area contributed by atoms with Gasteiger partial charge in [-0.1, -0.05) is 0 Å². The number of carbonyl (C=O) groups excluding carboxylic acids is 1. The van der Waals surface area contributed by atoms with Gasteiger partial charge in [-0.15, -0.1) is 0 Å². The van der Waals surface area contributed by atoms with Crippen molar-refractivity contribution < 1.29 is 28.9 Å². The minimum Gasteiger partial charge on any atom is -0.488 e. The van der Waals surface area contributed by atoms with E-state index in [-0.39, 0.29) is 25.5 Å². The molecular weight excluding hydrogens is 307 g/mol. The molecule has 0 saturated carbocycles. The second-order valence-electron chi connectivity index (χ2n) is 5.74. The highest BCUT2D eigenvalue weighted by Crippen LogP contribution is 2.27. The number of anilines is 1. The smallest absolute Gasteiger partial charge is 0.414 e. The van der Waals surface area contributed by atoms with Crippen LogP contribution in [0.5, 0.6) is 5.75 Å². The van der Waals surface area contributed by atoms with E-state index in [1.807, 2.05) is 0 Å². The Morgan fingerprint density at radius 2 is 2.30 bits per heavy atom. The molecule has 2 rings (SSSR count). The highest BCUT2D eigenvalue weighted by molar-refractivity contribution is 5.89. The number of hydrogen-bond acceptors (Lipinski definition) is 6. The molecule has 0 bridgehead atoms. The summed E-state index contributed by atoms with van der Waals surface area (Å²) < 4.78 is 24.3. The molecule has 1 saturated heterocycles. The Kier molecular flexibility index (Phi) is 5.40. The third-order valence-corrected chi connectivity index (χ3v) is 3.53. The number of carbonyl (C=O) groups is 1. The molecule has 128 valence electrons. The molecule has 4 N–H and O–H groups in total. The molecule has 1 fully saturated rings. The van der Waals surface area contributed by atoms with Crippen LogP contribution in [0.25, 0.3) is 0 Å². The first-order valence-electron chi connectivity index (χ1n) is 7.30. The lowest BCUT2D eigenvalue weighted by atomic mass is 10.0. The zero-order valence-electron chi connectivity index (χ0n) is 12.9. The van der Waals surface area contributed by atoms with E-state index in [9.17, 15) is 14.3 Å². The summed E-state index contributed by atoms with van der Waals surface area (Å²) in [7, 11) is 0. The van der Waals surface area contributed by atoms with Crippen LogP contribution in [0, 0.1) is 5.82 Å². The summed E-state index contributed by atoms with van der Waals surface area (Å²) in [6.07, 6.45) is -0.926. The maximum Gasteiger partial charge on any atom is 0.414 e. The van der Waals surface area contributed by atoms with Crippen LogP contribution in [0.2, 0.25) is 0 Å². The predicted octanol–water partition coefficient (Wildman–Crippen LogP) is 0.622. The number of halogens is 1. The number of nitrogens with two attached hydrogens (primary N) is 1. The number of amides is 1. The first kappa shape index (κ1) is 17.5. The Hall–Kier alpha value is -1.90. The van der Waals surface area contributed by atoms with Crippen molar-refractivity contribution in [2.24, 2.45) is 5.73 Å². The van der Waals surface area contributed by atoms with Crippen molar-refractivity contribution in [2.45, 2.75) is 25.0 Å². The maximum atomic E-state index is 14.1. The third-order valence-electron chi connectivity index (χ3n) is 3.53. The van der Waals surface area contributed by atoms with Crippen LogP contribution >= 0.6 is 0 Å². The molecule has 1 amide bonds. The quantitative estimate of drug-likeness (QED) is 0.678. The van der Waals surface area contributed by atoms with Crippen molar-refractivity contribution in [3.63, 3.8) is 0 Å². The number of aliphatic hydroxyl groups is 2. The Morgan fingerprint density at radius 1 is 1.57 bits per heavy atom. The average Bonchev–Trinajstić information content (AvgIpc) is 2.87. The zero-order valence-corrected chi connectivity index (χ0v) is 12.9. The number of rotatable bonds is 7. The molecule has 0 radical (unpaired) electrons. The summed E-state index contributed by atoms with van der Waals surface area (Å²) in [6, 6.07) is 4.04. The number of nitrogens with zero attached hydrogens (tertiary/aromatic N) is 1. The lowest BCUT2D eigenvalue weighted by molar-refractivity contribution is 0.00540. The van der Waals surface area contributed by atoms with Gasteiger partial charge < -0.3 is 25.4 Å². The van der Waals surface area contributed by atoms with Crippen LogP contribution in [0.1, 0.15) is 13.3 Å². The zero-order chi connectivity index (χ0) is 17.0. The molecule has 7 nitrogen and oxygen atoms in total. The summed E-state index contributed by atoms with van der Waals surface area (Å²) in [6.45, 7) is 1.61. The SMILES string of the molecule is CC(O)(CCN)COc1ccc(N2C[C@H](CO)OC2=O)cc1F. The van der Waals surface area contributed by atoms with Crippen molar-refractivity contribution in [3.8, 4) is 5.75 Å². The van der Waals surface area contributed by atoms with E-state index in [0.29, 0.717) is 18.7 Å². The highest BCUT2D eigenvalue weighted by Gasteiger charge is 2.32. The fourth-order valence-electron chi connectivity index (χ4n) is 2.22. The Morgan fingerprint density at radius 3 is 2.87 bits per heavy atom. The van der Waals surface area contributed by atoms with Gasteiger partial charge in [0.1, 0.15) is 12.7 Å². The average molecular weight is 328 g/mol. The molecule has 1 aliphatic heterocycles. The van der Waals surface area contributed by atoms with E-state index in [1.165, 1.54) is 17.0 Å². The van der Waals surface area contributed by atoms with Gasteiger partial charge in [0.05, 0.1) is 24.4 Å². The monoisotopic (exact) mass is 328 g/mol. The first-order chi connectivity index (χ1) is 10.9. The molecule has 1 aliphatic rings. The maximum absolute atomic E-state index is 14.1. The van der Waals surface area contributed by atoms with Crippen LogP contribution in [-0.2, 0) is 4.74 Å². The van der Waals surface area contributed by atoms with Crippen LogP contribution in [0.4, 0.5) is 14.9 Å². The lowest BCUT2D eigenvalue weighted by Crippen LogP contribution is -2.34. The summed E-state index contributed by atoms with van der Waals surface area (Å²) in [5.74, 6) is -0.691. The molecule has 0 aliphatic carbocycles. The molecule has 2 atom stereocenters. The Labute approximate surface area is 133 Å². The molecule has 1 unspecified atom stereocenters. The van der Waals surface area contributed by atoms with E-state index in [4.69, 9.17) is 20.3 Å². The summed E-state index contributed by atoms with van der Waals surface area (Å²) >= 11 is 0. The summed E-state index contributed by atoms with van der Waals surface area (Å²) in [5, 5.41) is 19.0. The molecular formula is C15H21FN2O5. The highest BCUT2D eigenvalue weighted by atomic mass is 19.1. The largest absolute Gasteiger partial charge is 0.488 e. The normalized spacial score (nSPS) is 20.3. The van der Waals surface area contributed by atoms with Crippen molar-refractivity contribution >= 4 is 11.8 Å². The van der Waals surface area contributed by atoms with Gasteiger partial charge in [-0.25, -0.2) is 9.18 Å². The Bertz CT molecular complexity index is 567. The van der Waals surface area contributed by atoms with Gasteiger partial charge in [0, 0.05) is 6.07 Å². The third kappa shape index (κ3) is 4.31. The number of aliphatic hydroxyl groups excluding tert-OH is 1. The van der Waals surface area contributed by atoms with E-state index in [1.54, 1.807) is 6.92 Å². The molecule has 0 aromatic heterocycles. The van der Waals surface area contributed by atoms with E-state index in [0.717, 1.165) is 6.07 Å². The Balaban J connectivity index is 2.05. The van der Waals surface area contributed by atoms with Crippen LogP contribution < -0.4 is 15.4 Å². The van der Waals surface area contributed by atoms with Crippen molar-refractivity contribution in [1.29, 1.82) is 0 Å². The topological polar surface area (TPSA) is 105 Å². The number of cyclic esters (lactones) is 1. The standard InChI is InChI=1S/C15H21FN2O5/c1-15(21,4-5-17)9-22-13-3-2-10(6-12(13)16)18-7-11(8-19)23-14(18)20/h2-3,6,11,19,21H,4-5,7-9,17H2,1H3/t11-,15?/m1/s1. The molecule has 1 aromatic carbocycles. The summed E-state index contributed by atoms with van der Waals surface area (Å²) in [5.41, 5.74) is 4.55. The van der Waals surface area contributed by atoms with Gasteiger partial charge in [-0.3, -0.25) is 4.90 Å². The molecule has 0 spiro atoms. The van der Waals surface area contributed by atoms with E-state index >= 15 is 0 Å². The number of benzene rings is 1. The molecule has 1 aromatic rings. The molecule has 23 heavy (non-hydrogen) atoms.